The second kappa shape index (κ2) is 7.51. The molecule has 0 aliphatic carbocycles. The summed E-state index contributed by atoms with van der Waals surface area (Å²) in [6.45, 7) is 2.75. The molecule has 2 aromatic carbocycles. The van der Waals surface area contributed by atoms with Crippen LogP contribution in [0.1, 0.15) is 16.2 Å². The number of carbonyl (C=O) groups excluding carboxylic acids is 1. The van der Waals surface area contributed by atoms with E-state index in [1.54, 1.807) is 37.3 Å². The second-order valence-corrected chi connectivity index (χ2v) is 6.14. The van der Waals surface area contributed by atoms with E-state index in [-0.39, 0.29) is 17.3 Å². The van der Waals surface area contributed by atoms with Gasteiger partial charge in [-0.05, 0) is 37.3 Å². The van der Waals surface area contributed by atoms with E-state index in [1.165, 1.54) is 18.2 Å². The molecule has 0 spiro atoms. The Hall–Kier alpha value is -3.68. The Morgan fingerprint density at radius 3 is 2.64 bits per heavy atom. The molecule has 0 fully saturated rings. The van der Waals surface area contributed by atoms with Crippen molar-refractivity contribution in [2.45, 2.75) is 6.92 Å². The van der Waals surface area contributed by atoms with E-state index in [2.05, 4.69) is 20.6 Å². The summed E-state index contributed by atoms with van der Waals surface area (Å²) in [6, 6.07) is 12.8. The van der Waals surface area contributed by atoms with Crippen LogP contribution in [0.5, 0.6) is 11.5 Å². The van der Waals surface area contributed by atoms with Gasteiger partial charge in [0.2, 0.25) is 5.95 Å². The Kier molecular flexibility index (Phi) is 4.76. The van der Waals surface area contributed by atoms with Gasteiger partial charge in [0, 0.05) is 17.4 Å². The molecule has 0 saturated heterocycles. The first-order chi connectivity index (χ1) is 13.6. The monoisotopic (exact) mass is 380 g/mol. The molecule has 0 atom stereocenters. The quantitative estimate of drug-likeness (QED) is 0.718. The topological polar surface area (TPSA) is 85.4 Å². The summed E-state index contributed by atoms with van der Waals surface area (Å²) in [7, 11) is 0. The van der Waals surface area contributed by atoms with E-state index in [0.29, 0.717) is 36.1 Å². The highest BCUT2D eigenvalue weighted by atomic mass is 19.1. The predicted molar refractivity (Wildman–Crippen MR) is 102 cm³/mol. The molecule has 0 unspecified atom stereocenters. The average molecular weight is 380 g/mol. The molecule has 4 rings (SSSR count). The number of para-hydroxylation sites is 1. The molecule has 28 heavy (non-hydrogen) atoms. The highest BCUT2D eigenvalue weighted by Crippen LogP contribution is 2.33. The summed E-state index contributed by atoms with van der Waals surface area (Å²) in [6.07, 6.45) is 0. The summed E-state index contributed by atoms with van der Waals surface area (Å²) in [5, 5.41) is 5.57. The van der Waals surface area contributed by atoms with Crippen LogP contribution in [0.15, 0.2) is 48.5 Å². The first-order valence-corrected chi connectivity index (χ1v) is 8.67. The number of anilines is 3. The van der Waals surface area contributed by atoms with Gasteiger partial charge < -0.3 is 20.1 Å². The molecule has 0 bridgehead atoms. The van der Waals surface area contributed by atoms with Crippen molar-refractivity contribution in [2.75, 3.05) is 23.8 Å². The standard InChI is InChI=1S/C20H17FN4O3/c1-12-10-16(19(26)24-15-5-3-2-4-14(15)21)25-20(22-12)23-13-6-7-17-18(11-13)28-9-8-27-17/h2-7,10-11H,8-9H2,1H3,(H,24,26)(H,22,23,25). The van der Waals surface area contributed by atoms with Crippen molar-refractivity contribution < 1.29 is 18.7 Å². The number of fused-ring (bicyclic) bond motifs is 1. The fraction of sp³-hybridized carbons (Fsp3) is 0.150. The summed E-state index contributed by atoms with van der Waals surface area (Å²) in [5.74, 6) is 0.501. The molecular formula is C20H17FN4O3. The van der Waals surface area contributed by atoms with Crippen LogP contribution in [0.2, 0.25) is 0 Å². The van der Waals surface area contributed by atoms with Gasteiger partial charge in [-0.1, -0.05) is 12.1 Å². The number of aromatic nitrogens is 2. The maximum absolute atomic E-state index is 13.8. The Balaban J connectivity index is 1.55. The van der Waals surface area contributed by atoms with E-state index in [4.69, 9.17) is 9.47 Å². The molecule has 8 heteroatoms. The minimum atomic E-state index is -0.527. The van der Waals surface area contributed by atoms with Crippen LogP contribution in [0.3, 0.4) is 0 Å². The highest BCUT2D eigenvalue weighted by Gasteiger charge is 2.15. The summed E-state index contributed by atoms with van der Waals surface area (Å²) >= 11 is 0. The lowest BCUT2D eigenvalue weighted by Crippen LogP contribution is -2.16. The van der Waals surface area contributed by atoms with Crippen molar-refractivity contribution in [1.29, 1.82) is 0 Å². The number of hydrogen-bond acceptors (Lipinski definition) is 6. The first-order valence-electron chi connectivity index (χ1n) is 8.67. The van der Waals surface area contributed by atoms with Gasteiger partial charge in [-0.3, -0.25) is 4.79 Å². The normalized spacial score (nSPS) is 12.4. The molecule has 1 aromatic heterocycles. The molecule has 1 amide bonds. The second-order valence-electron chi connectivity index (χ2n) is 6.14. The zero-order valence-corrected chi connectivity index (χ0v) is 15.0. The minimum absolute atomic E-state index is 0.0881. The third-order valence-corrected chi connectivity index (χ3v) is 4.01. The van der Waals surface area contributed by atoms with Gasteiger partial charge >= 0.3 is 0 Å². The molecule has 2 N–H and O–H groups in total. The highest BCUT2D eigenvalue weighted by molar-refractivity contribution is 6.03. The van der Waals surface area contributed by atoms with Crippen LogP contribution >= 0.6 is 0 Å². The summed E-state index contributed by atoms with van der Waals surface area (Å²) < 4.78 is 24.8. The van der Waals surface area contributed by atoms with E-state index in [9.17, 15) is 9.18 Å². The van der Waals surface area contributed by atoms with Gasteiger partial charge in [-0.25, -0.2) is 14.4 Å². The van der Waals surface area contributed by atoms with E-state index < -0.39 is 11.7 Å². The maximum atomic E-state index is 13.8. The maximum Gasteiger partial charge on any atom is 0.274 e. The molecule has 1 aliphatic heterocycles. The van der Waals surface area contributed by atoms with Crippen molar-refractivity contribution >= 4 is 23.2 Å². The summed E-state index contributed by atoms with van der Waals surface area (Å²) in [5.41, 5.74) is 1.49. The van der Waals surface area contributed by atoms with Crippen LogP contribution in [-0.4, -0.2) is 29.1 Å². The zero-order chi connectivity index (χ0) is 19.5. The van der Waals surface area contributed by atoms with E-state index in [1.807, 2.05) is 0 Å². The SMILES string of the molecule is Cc1cc(C(=O)Nc2ccccc2F)nc(Nc2ccc3c(c2)OCCO3)n1. The molecular weight excluding hydrogens is 363 g/mol. The zero-order valence-electron chi connectivity index (χ0n) is 15.0. The smallest absolute Gasteiger partial charge is 0.274 e. The fourth-order valence-electron chi connectivity index (χ4n) is 2.74. The first kappa shape index (κ1) is 17.7. The Morgan fingerprint density at radius 2 is 1.82 bits per heavy atom. The third kappa shape index (κ3) is 3.85. The molecule has 7 nitrogen and oxygen atoms in total. The van der Waals surface area contributed by atoms with Gasteiger partial charge in [-0.15, -0.1) is 0 Å². The van der Waals surface area contributed by atoms with Crippen molar-refractivity contribution in [2.24, 2.45) is 0 Å². The van der Waals surface area contributed by atoms with Crippen LogP contribution < -0.4 is 20.1 Å². The average Bonchev–Trinajstić information content (AvgIpc) is 2.69. The van der Waals surface area contributed by atoms with Crippen molar-refractivity contribution in [3.63, 3.8) is 0 Å². The molecule has 0 radical (unpaired) electrons. The minimum Gasteiger partial charge on any atom is -0.486 e. The fourth-order valence-corrected chi connectivity index (χ4v) is 2.74. The number of amides is 1. The third-order valence-electron chi connectivity index (χ3n) is 4.01. The predicted octanol–water partition coefficient (Wildman–Crippen LogP) is 3.69. The van der Waals surface area contributed by atoms with Gasteiger partial charge in [-0.2, -0.15) is 0 Å². The lowest BCUT2D eigenvalue weighted by Gasteiger charge is -2.19. The number of ether oxygens (including phenoxy) is 2. The number of nitrogens with one attached hydrogen (secondary N) is 2. The lowest BCUT2D eigenvalue weighted by atomic mass is 10.2. The van der Waals surface area contributed by atoms with Crippen molar-refractivity contribution in [1.82, 2.24) is 9.97 Å². The molecule has 2 heterocycles. The lowest BCUT2D eigenvalue weighted by molar-refractivity contribution is 0.102. The van der Waals surface area contributed by atoms with Crippen LogP contribution in [-0.2, 0) is 0 Å². The number of benzene rings is 2. The number of halogens is 1. The van der Waals surface area contributed by atoms with Gasteiger partial charge in [0.25, 0.3) is 5.91 Å². The Morgan fingerprint density at radius 1 is 1.04 bits per heavy atom. The van der Waals surface area contributed by atoms with Crippen molar-refractivity contribution in [3.05, 3.63) is 65.7 Å². The number of carbonyl (C=O) groups is 1. The number of aryl methyl sites for hydroxylation is 1. The van der Waals surface area contributed by atoms with Gasteiger partial charge in [0.15, 0.2) is 11.5 Å². The van der Waals surface area contributed by atoms with E-state index >= 15 is 0 Å². The Labute approximate surface area is 160 Å². The summed E-state index contributed by atoms with van der Waals surface area (Å²) in [4.78, 5) is 21.0. The molecule has 3 aromatic rings. The molecule has 1 aliphatic rings. The van der Waals surface area contributed by atoms with Gasteiger partial charge in [0.1, 0.15) is 24.7 Å². The van der Waals surface area contributed by atoms with Gasteiger partial charge in [0.05, 0.1) is 5.69 Å². The Bertz CT molecular complexity index is 1040. The van der Waals surface area contributed by atoms with Crippen LogP contribution in [0.4, 0.5) is 21.7 Å². The number of nitrogens with zero attached hydrogens (tertiary/aromatic N) is 2. The molecule has 0 saturated carbocycles. The number of rotatable bonds is 4. The van der Waals surface area contributed by atoms with Crippen LogP contribution in [0.25, 0.3) is 0 Å². The number of hydrogen-bond donors (Lipinski definition) is 2. The van der Waals surface area contributed by atoms with E-state index in [0.717, 1.165) is 0 Å². The largest absolute Gasteiger partial charge is 0.486 e. The molecule has 142 valence electrons. The van der Waals surface area contributed by atoms with Crippen LogP contribution in [0, 0.1) is 12.7 Å². The van der Waals surface area contributed by atoms with Crippen molar-refractivity contribution in [3.8, 4) is 11.5 Å².